The first-order valence-corrected chi connectivity index (χ1v) is 6.28. The summed E-state index contributed by atoms with van der Waals surface area (Å²) >= 11 is 3.23. The number of halogens is 1. The average molecular weight is 302 g/mol. The van der Waals surface area contributed by atoms with Crippen LogP contribution in [0.1, 0.15) is 30.1 Å². The summed E-state index contributed by atoms with van der Waals surface area (Å²) in [7, 11) is 0. The van der Waals surface area contributed by atoms with E-state index in [1.165, 1.54) is 12.1 Å². The molecule has 0 aliphatic rings. The number of phenols is 1. The molecule has 3 N–H and O–H groups in total. The third-order valence-corrected chi connectivity index (χ3v) is 2.82. The van der Waals surface area contributed by atoms with Gasteiger partial charge in [0.1, 0.15) is 5.75 Å². The summed E-state index contributed by atoms with van der Waals surface area (Å²) in [5.74, 6) is -0.463. The summed E-state index contributed by atoms with van der Waals surface area (Å²) in [5, 5.41) is 21.6. The van der Waals surface area contributed by atoms with Gasteiger partial charge < -0.3 is 15.5 Å². The van der Waals surface area contributed by atoms with Crippen LogP contribution in [0.3, 0.4) is 0 Å². The van der Waals surface area contributed by atoms with Crippen LogP contribution in [0.25, 0.3) is 0 Å². The van der Waals surface area contributed by atoms with Gasteiger partial charge in [0.15, 0.2) is 0 Å². The minimum absolute atomic E-state index is 0.0734. The topological polar surface area (TPSA) is 69.6 Å². The van der Waals surface area contributed by atoms with E-state index in [4.69, 9.17) is 0 Å². The average Bonchev–Trinajstić information content (AvgIpc) is 2.29. The SMILES string of the molecule is CCCC(O)CNC(=O)c1cc(Br)ccc1O. The number of phenolic OH excluding ortho intramolecular Hbond substituents is 1. The lowest BCUT2D eigenvalue weighted by Crippen LogP contribution is -2.32. The van der Waals surface area contributed by atoms with Gasteiger partial charge in [-0.3, -0.25) is 4.79 Å². The standard InChI is InChI=1S/C12H16BrNO3/c1-2-3-9(15)7-14-12(17)10-6-8(13)4-5-11(10)16/h4-6,9,15-16H,2-3,7H2,1H3,(H,14,17). The fourth-order valence-corrected chi connectivity index (χ4v) is 1.79. The Bertz CT molecular complexity index is 395. The summed E-state index contributed by atoms with van der Waals surface area (Å²) in [6.45, 7) is 2.16. The van der Waals surface area contributed by atoms with Crippen LogP contribution in [0.2, 0.25) is 0 Å². The Morgan fingerprint density at radius 2 is 2.24 bits per heavy atom. The van der Waals surface area contributed by atoms with Gasteiger partial charge >= 0.3 is 0 Å². The van der Waals surface area contributed by atoms with Crippen molar-refractivity contribution in [2.45, 2.75) is 25.9 Å². The van der Waals surface area contributed by atoms with Gasteiger partial charge in [-0.15, -0.1) is 0 Å². The van der Waals surface area contributed by atoms with E-state index in [0.717, 1.165) is 10.9 Å². The lowest BCUT2D eigenvalue weighted by molar-refractivity contribution is 0.0907. The van der Waals surface area contributed by atoms with Gasteiger partial charge in [-0.2, -0.15) is 0 Å². The number of rotatable bonds is 5. The molecule has 1 unspecified atom stereocenters. The Kier molecular flexibility index (Phi) is 5.44. The highest BCUT2D eigenvalue weighted by Crippen LogP contribution is 2.21. The second-order valence-corrected chi connectivity index (χ2v) is 4.73. The summed E-state index contributed by atoms with van der Waals surface area (Å²) in [5.41, 5.74) is 0.197. The van der Waals surface area contributed by atoms with Gasteiger partial charge in [0, 0.05) is 11.0 Å². The minimum Gasteiger partial charge on any atom is -0.507 e. The fourth-order valence-electron chi connectivity index (χ4n) is 1.43. The van der Waals surface area contributed by atoms with Crippen molar-refractivity contribution in [1.82, 2.24) is 5.32 Å². The number of hydrogen-bond donors (Lipinski definition) is 3. The highest BCUT2D eigenvalue weighted by Gasteiger charge is 2.12. The summed E-state index contributed by atoms with van der Waals surface area (Å²) in [6, 6.07) is 4.64. The molecule has 0 aliphatic carbocycles. The van der Waals surface area contributed by atoms with E-state index in [0.29, 0.717) is 6.42 Å². The molecule has 0 aromatic heterocycles. The zero-order chi connectivity index (χ0) is 12.8. The molecule has 4 nitrogen and oxygen atoms in total. The first kappa shape index (κ1) is 14.0. The predicted octanol–water partition coefficient (Wildman–Crippen LogP) is 2.05. The van der Waals surface area contributed by atoms with E-state index in [2.05, 4.69) is 21.2 Å². The molecule has 0 heterocycles. The third kappa shape index (κ3) is 4.36. The molecule has 0 fully saturated rings. The van der Waals surface area contributed by atoms with E-state index >= 15 is 0 Å². The molecule has 0 saturated carbocycles. The van der Waals surface area contributed by atoms with Crippen molar-refractivity contribution in [3.05, 3.63) is 28.2 Å². The summed E-state index contributed by atoms with van der Waals surface area (Å²) in [4.78, 5) is 11.7. The molecule has 0 radical (unpaired) electrons. The van der Waals surface area contributed by atoms with Crippen LogP contribution in [0.5, 0.6) is 5.75 Å². The number of aliphatic hydroxyl groups excluding tert-OH is 1. The summed E-state index contributed by atoms with van der Waals surface area (Å²) < 4.78 is 0.717. The highest BCUT2D eigenvalue weighted by molar-refractivity contribution is 9.10. The van der Waals surface area contributed by atoms with Crippen LogP contribution in [0, 0.1) is 0 Å². The number of nitrogens with one attached hydrogen (secondary N) is 1. The number of carbonyl (C=O) groups is 1. The smallest absolute Gasteiger partial charge is 0.255 e. The Morgan fingerprint density at radius 3 is 2.88 bits per heavy atom. The first-order valence-electron chi connectivity index (χ1n) is 5.49. The molecule has 0 bridgehead atoms. The van der Waals surface area contributed by atoms with Crippen molar-refractivity contribution in [3.8, 4) is 5.75 Å². The van der Waals surface area contributed by atoms with Crippen molar-refractivity contribution < 1.29 is 15.0 Å². The maximum atomic E-state index is 11.7. The maximum Gasteiger partial charge on any atom is 0.255 e. The Hall–Kier alpha value is -1.07. The maximum absolute atomic E-state index is 11.7. The molecule has 1 rings (SSSR count). The quantitative estimate of drug-likeness (QED) is 0.779. The lowest BCUT2D eigenvalue weighted by atomic mass is 10.1. The van der Waals surface area contributed by atoms with Crippen molar-refractivity contribution in [2.24, 2.45) is 0 Å². The molecular weight excluding hydrogens is 286 g/mol. The second-order valence-electron chi connectivity index (χ2n) is 3.81. The fraction of sp³-hybridized carbons (Fsp3) is 0.417. The normalized spacial score (nSPS) is 12.2. The van der Waals surface area contributed by atoms with E-state index in [1.54, 1.807) is 6.07 Å². The molecule has 0 saturated heterocycles. The van der Waals surface area contributed by atoms with Gasteiger partial charge in [-0.1, -0.05) is 29.3 Å². The minimum atomic E-state index is -0.543. The van der Waals surface area contributed by atoms with E-state index < -0.39 is 6.10 Å². The molecule has 0 spiro atoms. The van der Waals surface area contributed by atoms with Crippen LogP contribution in [0.15, 0.2) is 22.7 Å². The molecule has 0 aliphatic heterocycles. The molecule has 17 heavy (non-hydrogen) atoms. The van der Waals surface area contributed by atoms with Crippen LogP contribution in [0.4, 0.5) is 0 Å². The monoisotopic (exact) mass is 301 g/mol. The van der Waals surface area contributed by atoms with Crippen LogP contribution in [-0.2, 0) is 0 Å². The van der Waals surface area contributed by atoms with Crippen LogP contribution in [-0.4, -0.2) is 28.8 Å². The molecular formula is C12H16BrNO3. The van der Waals surface area contributed by atoms with E-state index in [-0.39, 0.29) is 23.8 Å². The van der Waals surface area contributed by atoms with Crippen LogP contribution >= 0.6 is 15.9 Å². The first-order chi connectivity index (χ1) is 8.04. The van der Waals surface area contributed by atoms with Crippen molar-refractivity contribution >= 4 is 21.8 Å². The lowest BCUT2D eigenvalue weighted by Gasteiger charge is -2.11. The molecule has 94 valence electrons. The third-order valence-electron chi connectivity index (χ3n) is 2.32. The van der Waals surface area contributed by atoms with Crippen molar-refractivity contribution in [3.63, 3.8) is 0 Å². The van der Waals surface area contributed by atoms with Gasteiger partial charge in [-0.05, 0) is 24.6 Å². The van der Waals surface area contributed by atoms with Gasteiger partial charge in [0.2, 0.25) is 0 Å². The number of carbonyl (C=O) groups excluding carboxylic acids is 1. The largest absolute Gasteiger partial charge is 0.507 e. The number of aliphatic hydroxyl groups is 1. The van der Waals surface area contributed by atoms with E-state index in [1.807, 2.05) is 6.92 Å². The zero-order valence-corrected chi connectivity index (χ0v) is 11.2. The molecule has 1 atom stereocenters. The van der Waals surface area contributed by atoms with Crippen molar-refractivity contribution in [1.29, 1.82) is 0 Å². The second kappa shape index (κ2) is 6.61. The molecule has 1 amide bonds. The highest BCUT2D eigenvalue weighted by atomic mass is 79.9. The number of amides is 1. The number of hydrogen-bond acceptors (Lipinski definition) is 3. The Morgan fingerprint density at radius 1 is 1.53 bits per heavy atom. The van der Waals surface area contributed by atoms with Crippen LogP contribution < -0.4 is 5.32 Å². The van der Waals surface area contributed by atoms with Gasteiger partial charge in [0.05, 0.1) is 11.7 Å². The molecule has 1 aromatic rings. The Labute approximate surface area is 109 Å². The van der Waals surface area contributed by atoms with Gasteiger partial charge in [0.25, 0.3) is 5.91 Å². The zero-order valence-electron chi connectivity index (χ0n) is 9.61. The molecule has 5 heteroatoms. The Balaban J connectivity index is 2.61. The van der Waals surface area contributed by atoms with Crippen molar-refractivity contribution in [2.75, 3.05) is 6.54 Å². The predicted molar refractivity (Wildman–Crippen MR) is 69.1 cm³/mol. The van der Waals surface area contributed by atoms with Gasteiger partial charge in [-0.25, -0.2) is 0 Å². The number of benzene rings is 1. The molecule has 1 aromatic carbocycles. The van der Waals surface area contributed by atoms with E-state index in [9.17, 15) is 15.0 Å². The number of aromatic hydroxyl groups is 1. The summed E-state index contributed by atoms with van der Waals surface area (Å²) in [6.07, 6.45) is 0.961.